The zero-order valence-electron chi connectivity index (χ0n) is 18.1. The zero-order chi connectivity index (χ0) is 25.4. The van der Waals surface area contributed by atoms with Crippen LogP contribution in [0.3, 0.4) is 0 Å². The first kappa shape index (κ1) is 23.8. The maximum atomic E-state index is 13.1. The standard InChI is InChI=1S/C24H15Cl3N4O5/c25-13-1-3-18-12(5-13)6-19(22(32)29-17-8-14(26)7-15(27)9-17)31(18)30-24(34)23(33)28-16-2-4-20-21(10-16)36-11-35-20/h1-10H,11H2,(H,28,33)(H,29,32)(H,30,34). The van der Waals surface area contributed by atoms with Crippen LogP contribution in [0.15, 0.2) is 60.7 Å². The van der Waals surface area contributed by atoms with E-state index >= 15 is 0 Å². The SMILES string of the molecule is O=C(Nc1ccc2c(c1)OCO2)C(=O)Nn1c(C(=O)Nc2cc(Cl)cc(Cl)c2)cc2cc(Cl)ccc21. The van der Waals surface area contributed by atoms with Gasteiger partial charge < -0.3 is 20.1 Å². The van der Waals surface area contributed by atoms with Crippen molar-refractivity contribution in [1.29, 1.82) is 0 Å². The number of carbonyl (C=O) groups excluding carboxylic acids is 3. The molecule has 0 fully saturated rings. The van der Waals surface area contributed by atoms with E-state index in [1.807, 2.05) is 0 Å². The summed E-state index contributed by atoms with van der Waals surface area (Å²) in [5.41, 5.74) is 3.63. The molecule has 3 N–H and O–H groups in total. The fourth-order valence-electron chi connectivity index (χ4n) is 3.61. The van der Waals surface area contributed by atoms with Crippen molar-refractivity contribution < 1.29 is 23.9 Å². The van der Waals surface area contributed by atoms with Crippen LogP contribution in [0.1, 0.15) is 10.5 Å². The highest BCUT2D eigenvalue weighted by Crippen LogP contribution is 2.34. The molecule has 2 heterocycles. The minimum Gasteiger partial charge on any atom is -0.454 e. The van der Waals surface area contributed by atoms with Crippen LogP contribution in [0.5, 0.6) is 11.5 Å². The van der Waals surface area contributed by atoms with E-state index in [9.17, 15) is 14.4 Å². The maximum absolute atomic E-state index is 13.1. The number of hydrogen-bond donors (Lipinski definition) is 3. The van der Waals surface area contributed by atoms with Gasteiger partial charge in [-0.3, -0.25) is 19.8 Å². The summed E-state index contributed by atoms with van der Waals surface area (Å²) in [6.45, 7) is 0.0736. The quantitative estimate of drug-likeness (QED) is 0.302. The molecule has 0 unspecified atom stereocenters. The number of halogens is 3. The van der Waals surface area contributed by atoms with Crippen LogP contribution in [-0.4, -0.2) is 29.2 Å². The Morgan fingerprint density at radius 1 is 0.722 bits per heavy atom. The van der Waals surface area contributed by atoms with E-state index in [2.05, 4.69) is 16.1 Å². The molecule has 1 aliphatic heterocycles. The molecule has 0 radical (unpaired) electrons. The average molecular weight is 546 g/mol. The summed E-state index contributed by atoms with van der Waals surface area (Å²) in [6, 6.07) is 15.6. The van der Waals surface area contributed by atoms with E-state index in [1.54, 1.807) is 30.3 Å². The predicted octanol–water partition coefficient (Wildman–Crippen LogP) is 5.29. The molecule has 0 atom stereocenters. The van der Waals surface area contributed by atoms with Crippen LogP contribution >= 0.6 is 34.8 Å². The van der Waals surface area contributed by atoms with E-state index in [0.29, 0.717) is 48.8 Å². The van der Waals surface area contributed by atoms with E-state index in [4.69, 9.17) is 44.3 Å². The smallest absolute Gasteiger partial charge is 0.328 e. The number of nitrogens with one attached hydrogen (secondary N) is 3. The molecule has 4 aromatic rings. The predicted molar refractivity (Wildman–Crippen MR) is 137 cm³/mol. The van der Waals surface area contributed by atoms with Crippen molar-refractivity contribution in [2.45, 2.75) is 0 Å². The van der Waals surface area contributed by atoms with Crippen LogP contribution < -0.4 is 25.5 Å². The lowest BCUT2D eigenvalue weighted by Gasteiger charge is -2.13. The lowest BCUT2D eigenvalue weighted by molar-refractivity contribution is -0.133. The highest BCUT2D eigenvalue weighted by atomic mass is 35.5. The minimum absolute atomic E-state index is 0.0348. The lowest BCUT2D eigenvalue weighted by atomic mass is 10.2. The normalized spacial score (nSPS) is 11.9. The molecule has 0 aliphatic carbocycles. The van der Waals surface area contributed by atoms with E-state index in [-0.39, 0.29) is 12.5 Å². The Bertz CT molecular complexity index is 1530. The van der Waals surface area contributed by atoms with Crippen molar-refractivity contribution in [3.8, 4) is 11.5 Å². The van der Waals surface area contributed by atoms with Gasteiger partial charge in [-0.25, -0.2) is 4.68 Å². The van der Waals surface area contributed by atoms with Gasteiger partial charge in [0.15, 0.2) is 11.5 Å². The fourth-order valence-corrected chi connectivity index (χ4v) is 4.32. The highest BCUT2D eigenvalue weighted by molar-refractivity contribution is 6.42. The molecule has 3 aromatic carbocycles. The van der Waals surface area contributed by atoms with Crippen molar-refractivity contribution in [3.05, 3.63) is 81.4 Å². The lowest BCUT2D eigenvalue weighted by Crippen LogP contribution is -2.36. The number of aromatic nitrogens is 1. The Kier molecular flexibility index (Phi) is 6.36. The first-order chi connectivity index (χ1) is 17.3. The summed E-state index contributed by atoms with van der Waals surface area (Å²) >= 11 is 18.1. The third-order valence-electron chi connectivity index (χ3n) is 5.17. The molecule has 3 amide bonds. The molecule has 12 heteroatoms. The fraction of sp³-hybridized carbons (Fsp3) is 0.0417. The van der Waals surface area contributed by atoms with Crippen LogP contribution in [-0.2, 0) is 9.59 Å². The summed E-state index contributed by atoms with van der Waals surface area (Å²) in [5, 5.41) is 6.83. The summed E-state index contributed by atoms with van der Waals surface area (Å²) in [7, 11) is 0. The van der Waals surface area contributed by atoms with Crippen molar-refractivity contribution in [2.24, 2.45) is 0 Å². The number of amides is 3. The zero-order valence-corrected chi connectivity index (χ0v) is 20.4. The Morgan fingerprint density at radius 3 is 2.25 bits per heavy atom. The van der Waals surface area contributed by atoms with Gasteiger partial charge >= 0.3 is 11.8 Å². The maximum Gasteiger partial charge on any atom is 0.328 e. The summed E-state index contributed by atoms with van der Waals surface area (Å²) in [5.74, 6) is -1.58. The second kappa shape index (κ2) is 9.62. The summed E-state index contributed by atoms with van der Waals surface area (Å²) in [4.78, 5) is 38.5. The number of nitrogens with zero attached hydrogens (tertiary/aromatic N) is 1. The number of ether oxygens (including phenoxy) is 2. The molecule has 5 rings (SSSR count). The van der Waals surface area contributed by atoms with Gasteiger partial charge in [0.05, 0.1) is 5.52 Å². The van der Waals surface area contributed by atoms with Crippen LogP contribution in [0.25, 0.3) is 10.9 Å². The molecule has 0 spiro atoms. The van der Waals surface area contributed by atoms with Crippen molar-refractivity contribution in [2.75, 3.05) is 22.9 Å². The van der Waals surface area contributed by atoms with E-state index in [0.717, 1.165) is 0 Å². The number of benzene rings is 3. The first-order valence-corrected chi connectivity index (χ1v) is 11.5. The second-order valence-electron chi connectivity index (χ2n) is 7.64. The average Bonchev–Trinajstić information content (AvgIpc) is 3.42. The van der Waals surface area contributed by atoms with E-state index < -0.39 is 17.7 Å². The van der Waals surface area contributed by atoms with Crippen LogP contribution in [0.4, 0.5) is 11.4 Å². The number of rotatable bonds is 4. The van der Waals surface area contributed by atoms with Crippen molar-refractivity contribution in [1.82, 2.24) is 4.68 Å². The molecule has 182 valence electrons. The molecular formula is C24H15Cl3N4O5. The second-order valence-corrected chi connectivity index (χ2v) is 8.95. The van der Waals surface area contributed by atoms with Gasteiger partial charge in [-0.1, -0.05) is 34.8 Å². The van der Waals surface area contributed by atoms with Crippen molar-refractivity contribution in [3.63, 3.8) is 0 Å². The number of hydrogen-bond acceptors (Lipinski definition) is 5. The third-order valence-corrected chi connectivity index (χ3v) is 5.84. The Labute approximate surface area is 218 Å². The minimum atomic E-state index is -1.01. The Balaban J connectivity index is 1.41. The van der Waals surface area contributed by atoms with Gasteiger partial charge in [-0.05, 0) is 54.6 Å². The molecule has 1 aromatic heterocycles. The Morgan fingerprint density at radius 2 is 1.47 bits per heavy atom. The largest absolute Gasteiger partial charge is 0.454 e. The summed E-state index contributed by atoms with van der Waals surface area (Å²) in [6.07, 6.45) is 0. The van der Waals surface area contributed by atoms with Crippen LogP contribution in [0, 0.1) is 0 Å². The summed E-state index contributed by atoms with van der Waals surface area (Å²) < 4.78 is 11.7. The van der Waals surface area contributed by atoms with Gasteiger partial charge in [0.1, 0.15) is 5.69 Å². The van der Waals surface area contributed by atoms with Gasteiger partial charge in [-0.2, -0.15) is 0 Å². The number of carbonyl (C=O) groups is 3. The van der Waals surface area contributed by atoms with Gasteiger partial charge in [0, 0.05) is 37.9 Å². The first-order valence-electron chi connectivity index (χ1n) is 10.4. The van der Waals surface area contributed by atoms with Gasteiger partial charge in [0.25, 0.3) is 5.91 Å². The molecule has 36 heavy (non-hydrogen) atoms. The molecule has 0 bridgehead atoms. The molecular weight excluding hydrogens is 531 g/mol. The monoisotopic (exact) mass is 544 g/mol. The molecule has 9 nitrogen and oxygen atoms in total. The van der Waals surface area contributed by atoms with Gasteiger partial charge in [0.2, 0.25) is 6.79 Å². The van der Waals surface area contributed by atoms with Crippen molar-refractivity contribution >= 4 is 74.8 Å². The third kappa shape index (κ3) is 4.90. The van der Waals surface area contributed by atoms with E-state index in [1.165, 1.54) is 35.0 Å². The molecule has 0 saturated heterocycles. The van der Waals surface area contributed by atoms with Crippen LogP contribution in [0.2, 0.25) is 15.1 Å². The topological polar surface area (TPSA) is 111 Å². The number of anilines is 2. The molecule has 1 aliphatic rings. The Hall–Kier alpha value is -3.92. The molecule has 0 saturated carbocycles. The highest BCUT2D eigenvalue weighted by Gasteiger charge is 2.22. The number of fused-ring (bicyclic) bond motifs is 2. The van der Waals surface area contributed by atoms with Gasteiger partial charge in [-0.15, -0.1) is 0 Å².